The molecule has 7 nitrogen and oxygen atoms in total. The summed E-state index contributed by atoms with van der Waals surface area (Å²) < 4.78 is 6.96. The number of aliphatic hydroxyl groups excluding tert-OH is 1. The van der Waals surface area contributed by atoms with E-state index in [2.05, 4.69) is 11.1 Å². The van der Waals surface area contributed by atoms with Crippen LogP contribution in [0.25, 0.3) is 0 Å². The van der Waals surface area contributed by atoms with E-state index in [1.54, 1.807) is 13.8 Å². The van der Waals surface area contributed by atoms with Crippen LogP contribution in [0.5, 0.6) is 0 Å². The van der Waals surface area contributed by atoms with Crippen molar-refractivity contribution in [3.8, 4) is 6.07 Å². The molecule has 0 aliphatic carbocycles. The first-order valence-electron chi connectivity index (χ1n) is 6.46. The SMILES string of the molecule is Cc1cn([C@H]2CC(C(C)C#N)[C@@H](CO)O2)c(=O)[nH]c1=O. The molecule has 0 aromatic carbocycles. The smallest absolute Gasteiger partial charge is 0.330 e. The minimum absolute atomic E-state index is 0.144. The number of aromatic amines is 1. The molecule has 2 rings (SSSR count). The lowest BCUT2D eigenvalue weighted by Gasteiger charge is -2.17. The van der Waals surface area contributed by atoms with E-state index in [-0.39, 0.29) is 18.4 Å². The van der Waals surface area contributed by atoms with Crippen LogP contribution in [0.1, 0.15) is 25.1 Å². The summed E-state index contributed by atoms with van der Waals surface area (Å²) in [5.74, 6) is -0.425. The standard InChI is InChI=1S/C13H17N3O4/c1-7(4-14)9-3-11(20-10(9)6-17)16-5-8(2)12(18)15-13(16)19/h5,7,9-11,17H,3,6H2,1-2H3,(H,15,18,19)/t7?,9?,10-,11-/m1/s1. The Balaban J connectivity index is 2.32. The number of aliphatic hydroxyl groups is 1. The minimum atomic E-state index is -0.573. The summed E-state index contributed by atoms with van der Waals surface area (Å²) in [5, 5.41) is 18.3. The maximum atomic E-state index is 11.8. The molecule has 1 fully saturated rings. The molecular formula is C13H17N3O4. The van der Waals surface area contributed by atoms with Crippen molar-refractivity contribution in [1.82, 2.24) is 9.55 Å². The van der Waals surface area contributed by atoms with Crippen molar-refractivity contribution in [3.63, 3.8) is 0 Å². The van der Waals surface area contributed by atoms with E-state index in [9.17, 15) is 14.7 Å². The molecule has 1 saturated heterocycles. The van der Waals surface area contributed by atoms with Gasteiger partial charge in [0.1, 0.15) is 6.23 Å². The zero-order valence-corrected chi connectivity index (χ0v) is 11.4. The molecular weight excluding hydrogens is 262 g/mol. The highest BCUT2D eigenvalue weighted by molar-refractivity contribution is 5.02. The Hall–Kier alpha value is -1.91. The Morgan fingerprint density at radius 1 is 1.65 bits per heavy atom. The fraction of sp³-hybridized carbons (Fsp3) is 0.615. The fourth-order valence-electron chi connectivity index (χ4n) is 2.52. The Labute approximate surface area is 115 Å². The van der Waals surface area contributed by atoms with Crippen LogP contribution < -0.4 is 11.2 Å². The molecule has 0 amide bonds. The van der Waals surface area contributed by atoms with Crippen LogP contribution in [-0.4, -0.2) is 27.4 Å². The summed E-state index contributed by atoms with van der Waals surface area (Å²) in [6.07, 6.45) is 0.843. The van der Waals surface area contributed by atoms with Gasteiger partial charge in [0.05, 0.1) is 18.8 Å². The number of H-pyrrole nitrogens is 1. The van der Waals surface area contributed by atoms with Crippen molar-refractivity contribution in [2.45, 2.75) is 32.6 Å². The number of aromatic nitrogens is 2. The Bertz CT molecular complexity index is 642. The molecule has 108 valence electrons. The van der Waals surface area contributed by atoms with Crippen LogP contribution in [0.3, 0.4) is 0 Å². The van der Waals surface area contributed by atoms with Crippen LogP contribution in [0.15, 0.2) is 15.8 Å². The molecule has 2 unspecified atom stereocenters. The third-order valence-electron chi connectivity index (χ3n) is 3.77. The second-order valence-electron chi connectivity index (χ2n) is 5.11. The lowest BCUT2D eigenvalue weighted by atomic mass is 9.89. The predicted molar refractivity (Wildman–Crippen MR) is 69.9 cm³/mol. The number of nitrogens with one attached hydrogen (secondary N) is 1. The number of hydrogen-bond acceptors (Lipinski definition) is 5. The first-order chi connectivity index (χ1) is 9.47. The van der Waals surface area contributed by atoms with Gasteiger partial charge in [-0.15, -0.1) is 0 Å². The van der Waals surface area contributed by atoms with E-state index < -0.39 is 23.6 Å². The summed E-state index contributed by atoms with van der Waals surface area (Å²) >= 11 is 0. The van der Waals surface area contributed by atoms with E-state index >= 15 is 0 Å². The molecule has 1 aliphatic rings. The van der Waals surface area contributed by atoms with Crippen molar-refractivity contribution in [1.29, 1.82) is 5.26 Å². The minimum Gasteiger partial charge on any atom is -0.394 e. The number of nitrogens with zero attached hydrogens (tertiary/aromatic N) is 2. The van der Waals surface area contributed by atoms with Gasteiger partial charge in [-0.25, -0.2) is 4.79 Å². The molecule has 7 heteroatoms. The number of ether oxygens (including phenoxy) is 1. The zero-order chi connectivity index (χ0) is 14.9. The highest BCUT2D eigenvalue weighted by Gasteiger charge is 2.39. The van der Waals surface area contributed by atoms with E-state index in [1.807, 2.05) is 0 Å². The van der Waals surface area contributed by atoms with Gasteiger partial charge in [-0.2, -0.15) is 5.26 Å². The Morgan fingerprint density at radius 2 is 2.35 bits per heavy atom. The van der Waals surface area contributed by atoms with Crippen LogP contribution in [0, 0.1) is 30.1 Å². The maximum absolute atomic E-state index is 11.8. The van der Waals surface area contributed by atoms with E-state index in [0.717, 1.165) is 0 Å². The third kappa shape index (κ3) is 2.53. The average Bonchev–Trinajstić information content (AvgIpc) is 2.85. The normalized spacial score (nSPS) is 27.2. The second kappa shape index (κ2) is 5.61. The van der Waals surface area contributed by atoms with Crippen molar-refractivity contribution in [2.75, 3.05) is 6.61 Å². The van der Waals surface area contributed by atoms with Gasteiger partial charge in [0.25, 0.3) is 5.56 Å². The Kier molecular flexibility index (Phi) is 4.06. The average molecular weight is 279 g/mol. The van der Waals surface area contributed by atoms with Gasteiger partial charge in [-0.1, -0.05) is 0 Å². The zero-order valence-electron chi connectivity index (χ0n) is 11.4. The van der Waals surface area contributed by atoms with Crippen LogP contribution >= 0.6 is 0 Å². The van der Waals surface area contributed by atoms with Crippen molar-refractivity contribution in [2.24, 2.45) is 11.8 Å². The molecule has 1 aromatic heterocycles. The molecule has 0 bridgehead atoms. The maximum Gasteiger partial charge on any atom is 0.330 e. The summed E-state index contributed by atoms with van der Waals surface area (Å²) in [6.45, 7) is 3.16. The molecule has 2 N–H and O–H groups in total. The number of hydrogen-bond donors (Lipinski definition) is 2. The molecule has 0 saturated carbocycles. The van der Waals surface area contributed by atoms with E-state index in [4.69, 9.17) is 10.00 Å². The monoisotopic (exact) mass is 279 g/mol. The summed E-state index contributed by atoms with van der Waals surface area (Å²) in [4.78, 5) is 25.4. The number of rotatable bonds is 3. The van der Waals surface area contributed by atoms with Gasteiger partial charge in [-0.05, 0) is 20.3 Å². The van der Waals surface area contributed by atoms with Gasteiger partial charge < -0.3 is 9.84 Å². The van der Waals surface area contributed by atoms with Gasteiger partial charge in [0, 0.05) is 23.6 Å². The highest BCUT2D eigenvalue weighted by atomic mass is 16.5. The largest absolute Gasteiger partial charge is 0.394 e. The molecule has 20 heavy (non-hydrogen) atoms. The van der Waals surface area contributed by atoms with Gasteiger partial charge in [0.2, 0.25) is 0 Å². The van der Waals surface area contributed by atoms with Crippen molar-refractivity contribution >= 4 is 0 Å². The lowest BCUT2D eigenvalue weighted by Crippen LogP contribution is -2.33. The number of nitriles is 1. The molecule has 0 spiro atoms. The van der Waals surface area contributed by atoms with Crippen LogP contribution in [0.2, 0.25) is 0 Å². The predicted octanol–water partition coefficient (Wildman–Crippen LogP) is -0.0993. The first-order valence-corrected chi connectivity index (χ1v) is 6.46. The molecule has 2 heterocycles. The molecule has 4 atom stereocenters. The fourth-order valence-corrected chi connectivity index (χ4v) is 2.52. The van der Waals surface area contributed by atoms with E-state index in [1.165, 1.54) is 10.8 Å². The quantitative estimate of drug-likeness (QED) is 0.803. The molecule has 1 aliphatic heterocycles. The van der Waals surface area contributed by atoms with Gasteiger partial charge in [-0.3, -0.25) is 14.3 Å². The summed E-state index contributed by atoms with van der Waals surface area (Å²) in [5.41, 5.74) is -0.567. The lowest BCUT2D eigenvalue weighted by molar-refractivity contribution is -0.0350. The van der Waals surface area contributed by atoms with Crippen LogP contribution in [-0.2, 0) is 4.74 Å². The first kappa shape index (κ1) is 14.5. The van der Waals surface area contributed by atoms with Crippen molar-refractivity contribution in [3.05, 3.63) is 32.6 Å². The second-order valence-corrected chi connectivity index (χ2v) is 5.11. The topological polar surface area (TPSA) is 108 Å². The molecule has 1 aromatic rings. The summed E-state index contributed by atoms with van der Waals surface area (Å²) in [7, 11) is 0. The third-order valence-corrected chi connectivity index (χ3v) is 3.77. The number of aryl methyl sites for hydroxylation is 1. The van der Waals surface area contributed by atoms with Gasteiger partial charge >= 0.3 is 5.69 Å². The van der Waals surface area contributed by atoms with Crippen LogP contribution in [0.4, 0.5) is 0 Å². The highest BCUT2D eigenvalue weighted by Crippen LogP contribution is 2.36. The van der Waals surface area contributed by atoms with Crippen molar-refractivity contribution < 1.29 is 9.84 Å². The van der Waals surface area contributed by atoms with E-state index in [0.29, 0.717) is 12.0 Å². The van der Waals surface area contributed by atoms with Gasteiger partial charge in [0.15, 0.2) is 0 Å². The Morgan fingerprint density at radius 3 is 2.95 bits per heavy atom. The molecule has 0 radical (unpaired) electrons. The summed E-state index contributed by atoms with van der Waals surface area (Å²) in [6, 6.07) is 2.14.